The topological polar surface area (TPSA) is 113 Å². The van der Waals surface area contributed by atoms with E-state index >= 15 is 0 Å². The highest BCUT2D eigenvalue weighted by Gasteiger charge is 1.94. The van der Waals surface area contributed by atoms with Crippen LogP contribution in [0.3, 0.4) is 0 Å². The standard InChI is InChI=1S/C16H32N3O7/c1-2-20-5-6-22-9-10-24-13-14-26-16-15-25-12-11-23-8-7-21-4-3-18-19-17/h1-16H2. The SMILES string of the molecule is [CH2]COCCOCCOCCOCCOCCOCCOCCN=[N+]=[N-]. The fourth-order valence-corrected chi connectivity index (χ4v) is 1.57. The summed E-state index contributed by atoms with van der Waals surface area (Å²) < 4.78 is 36.9. The summed E-state index contributed by atoms with van der Waals surface area (Å²) in [6.07, 6.45) is 0. The molecule has 1 radical (unpaired) electrons. The van der Waals surface area contributed by atoms with Crippen LogP contribution in [0.25, 0.3) is 10.4 Å². The van der Waals surface area contributed by atoms with Gasteiger partial charge in [0.15, 0.2) is 0 Å². The van der Waals surface area contributed by atoms with E-state index in [-0.39, 0.29) is 0 Å². The summed E-state index contributed by atoms with van der Waals surface area (Å²) in [6, 6.07) is 0. The molecule has 0 aliphatic heterocycles. The normalized spacial score (nSPS) is 10.8. The van der Waals surface area contributed by atoms with Crippen LogP contribution in [0.2, 0.25) is 0 Å². The highest BCUT2D eigenvalue weighted by atomic mass is 16.6. The predicted octanol–water partition coefficient (Wildman–Crippen LogP) is 1.25. The Kier molecular flexibility index (Phi) is 23.1. The number of hydrogen-bond donors (Lipinski definition) is 0. The molecule has 0 heterocycles. The lowest BCUT2D eigenvalue weighted by molar-refractivity contribution is -0.0195. The summed E-state index contributed by atoms with van der Waals surface area (Å²) in [6.45, 7) is 11.0. The second kappa shape index (κ2) is 24.0. The first-order valence-corrected chi connectivity index (χ1v) is 8.76. The number of rotatable bonds is 22. The predicted molar refractivity (Wildman–Crippen MR) is 95.1 cm³/mol. The minimum absolute atomic E-state index is 0.338. The van der Waals surface area contributed by atoms with Gasteiger partial charge in [-0.2, -0.15) is 0 Å². The van der Waals surface area contributed by atoms with Crippen molar-refractivity contribution in [3.8, 4) is 0 Å². The van der Waals surface area contributed by atoms with Gasteiger partial charge >= 0.3 is 0 Å². The van der Waals surface area contributed by atoms with Crippen molar-refractivity contribution in [1.82, 2.24) is 0 Å². The zero-order chi connectivity index (χ0) is 19.0. The number of nitrogens with zero attached hydrogens (tertiary/aromatic N) is 3. The first-order valence-electron chi connectivity index (χ1n) is 8.76. The Morgan fingerprint density at radius 3 is 1.15 bits per heavy atom. The zero-order valence-electron chi connectivity index (χ0n) is 15.5. The lowest BCUT2D eigenvalue weighted by atomic mass is 10.6. The van der Waals surface area contributed by atoms with Gasteiger partial charge in [0.05, 0.1) is 85.9 Å². The van der Waals surface area contributed by atoms with E-state index in [0.29, 0.717) is 99.0 Å². The van der Waals surface area contributed by atoms with Crippen LogP contribution in [0.1, 0.15) is 0 Å². The van der Waals surface area contributed by atoms with E-state index in [2.05, 4.69) is 16.9 Å². The maximum atomic E-state index is 8.07. The molecule has 0 bridgehead atoms. The molecule has 0 aromatic carbocycles. The minimum Gasteiger partial charge on any atom is -0.379 e. The Hall–Kier alpha value is -0.970. The van der Waals surface area contributed by atoms with Crippen molar-refractivity contribution >= 4 is 0 Å². The molecule has 0 amide bonds. The third-order valence-corrected chi connectivity index (χ3v) is 2.78. The molecule has 0 aromatic rings. The van der Waals surface area contributed by atoms with E-state index < -0.39 is 0 Å². The summed E-state index contributed by atoms with van der Waals surface area (Å²) in [5.41, 5.74) is 8.07. The monoisotopic (exact) mass is 378 g/mol. The number of hydrogen-bond acceptors (Lipinski definition) is 8. The molecule has 153 valence electrons. The quantitative estimate of drug-likeness (QED) is 0.121. The molecular formula is C16H32N3O7. The van der Waals surface area contributed by atoms with Gasteiger partial charge in [-0.05, 0) is 12.5 Å². The molecule has 0 aliphatic rings. The van der Waals surface area contributed by atoms with Gasteiger partial charge in [-0.1, -0.05) is 5.11 Å². The summed E-state index contributed by atoms with van der Waals surface area (Å²) in [5, 5.41) is 3.36. The number of ether oxygens (including phenoxy) is 7. The molecule has 0 spiro atoms. The van der Waals surface area contributed by atoms with Crippen molar-refractivity contribution in [3.63, 3.8) is 0 Å². The molecule has 0 rings (SSSR count). The lowest BCUT2D eigenvalue weighted by Crippen LogP contribution is -2.14. The van der Waals surface area contributed by atoms with Gasteiger partial charge in [0.25, 0.3) is 0 Å². The first kappa shape index (κ1) is 25.0. The van der Waals surface area contributed by atoms with Crippen LogP contribution in [0.5, 0.6) is 0 Å². The minimum atomic E-state index is 0.338. The third-order valence-electron chi connectivity index (χ3n) is 2.78. The molecule has 26 heavy (non-hydrogen) atoms. The Morgan fingerprint density at radius 1 is 0.538 bits per heavy atom. The highest BCUT2D eigenvalue weighted by molar-refractivity contribution is 4.44. The third kappa shape index (κ3) is 23.0. The molecule has 0 saturated carbocycles. The molecule has 0 N–H and O–H groups in total. The Labute approximate surface area is 155 Å². The fraction of sp³-hybridized carbons (Fsp3) is 0.938. The van der Waals surface area contributed by atoms with Crippen molar-refractivity contribution in [1.29, 1.82) is 0 Å². The van der Waals surface area contributed by atoms with Gasteiger partial charge in [-0.3, -0.25) is 0 Å². The smallest absolute Gasteiger partial charge is 0.0701 e. The van der Waals surface area contributed by atoms with Crippen LogP contribution in [-0.4, -0.2) is 99.0 Å². The summed E-state index contributed by atoms with van der Waals surface area (Å²) in [4.78, 5) is 2.63. The van der Waals surface area contributed by atoms with Gasteiger partial charge < -0.3 is 33.2 Å². The van der Waals surface area contributed by atoms with Crippen LogP contribution >= 0.6 is 0 Å². The summed E-state index contributed by atoms with van der Waals surface area (Å²) >= 11 is 0. The van der Waals surface area contributed by atoms with E-state index in [1.807, 2.05) is 0 Å². The second-order valence-corrected chi connectivity index (χ2v) is 4.74. The molecule has 0 aromatic heterocycles. The molecule has 10 nitrogen and oxygen atoms in total. The van der Waals surface area contributed by atoms with Crippen LogP contribution in [-0.2, 0) is 33.2 Å². The van der Waals surface area contributed by atoms with Crippen LogP contribution in [0.4, 0.5) is 0 Å². The zero-order valence-corrected chi connectivity index (χ0v) is 15.5. The molecule has 0 unspecified atom stereocenters. The lowest BCUT2D eigenvalue weighted by Gasteiger charge is -2.08. The van der Waals surface area contributed by atoms with Crippen molar-refractivity contribution in [2.45, 2.75) is 0 Å². The van der Waals surface area contributed by atoms with E-state index in [9.17, 15) is 0 Å². The average molecular weight is 378 g/mol. The highest BCUT2D eigenvalue weighted by Crippen LogP contribution is 1.85. The van der Waals surface area contributed by atoms with Crippen molar-refractivity contribution in [3.05, 3.63) is 17.4 Å². The van der Waals surface area contributed by atoms with Crippen molar-refractivity contribution in [2.75, 3.05) is 99.0 Å². The summed E-state index contributed by atoms with van der Waals surface area (Å²) in [7, 11) is 0. The molecule has 0 aliphatic carbocycles. The van der Waals surface area contributed by atoms with Gasteiger partial charge in [-0.15, -0.1) is 0 Å². The van der Waals surface area contributed by atoms with E-state index in [1.54, 1.807) is 0 Å². The van der Waals surface area contributed by atoms with Gasteiger partial charge in [0.1, 0.15) is 0 Å². The largest absolute Gasteiger partial charge is 0.379 e. The van der Waals surface area contributed by atoms with Crippen molar-refractivity contribution in [2.24, 2.45) is 5.11 Å². The molecule has 0 fully saturated rings. The van der Waals surface area contributed by atoms with E-state index in [1.165, 1.54) is 0 Å². The second-order valence-electron chi connectivity index (χ2n) is 4.74. The van der Waals surface area contributed by atoms with Gasteiger partial charge in [0.2, 0.25) is 0 Å². The van der Waals surface area contributed by atoms with Crippen molar-refractivity contribution < 1.29 is 33.2 Å². The van der Waals surface area contributed by atoms with E-state index in [0.717, 1.165) is 0 Å². The Bertz CT molecular complexity index is 318. The summed E-state index contributed by atoms with van der Waals surface area (Å²) in [5.74, 6) is 0. The molecular weight excluding hydrogens is 346 g/mol. The Balaban J connectivity index is 2.97. The van der Waals surface area contributed by atoms with Crippen LogP contribution in [0.15, 0.2) is 5.11 Å². The molecule has 0 atom stereocenters. The van der Waals surface area contributed by atoms with Crippen LogP contribution in [0, 0.1) is 6.92 Å². The maximum Gasteiger partial charge on any atom is 0.0701 e. The average Bonchev–Trinajstić information content (AvgIpc) is 2.66. The Morgan fingerprint density at radius 2 is 0.846 bits per heavy atom. The van der Waals surface area contributed by atoms with E-state index in [4.69, 9.17) is 38.7 Å². The first-order chi connectivity index (χ1) is 12.9. The fourth-order valence-electron chi connectivity index (χ4n) is 1.57. The molecule has 10 heteroatoms. The van der Waals surface area contributed by atoms with Gasteiger partial charge in [-0.25, -0.2) is 0 Å². The van der Waals surface area contributed by atoms with Gasteiger partial charge in [0, 0.05) is 18.1 Å². The number of azide groups is 1. The molecule has 0 saturated heterocycles. The maximum absolute atomic E-state index is 8.07. The van der Waals surface area contributed by atoms with Crippen LogP contribution < -0.4 is 0 Å².